The molecule has 0 N–H and O–H groups in total. The van der Waals surface area contributed by atoms with Crippen molar-refractivity contribution in [1.29, 1.82) is 0 Å². The quantitative estimate of drug-likeness (QED) is 0.192. The zero-order valence-electron chi connectivity index (χ0n) is 24.5. The molecule has 8 aromatic rings. The molecule has 3 nitrogen and oxygen atoms in total. The van der Waals surface area contributed by atoms with E-state index in [1.807, 2.05) is 43.3 Å². The molecule has 0 amide bonds. The average molecular weight is 574 g/mol. The molecule has 45 heavy (non-hydrogen) atoms. The molecule has 6 aromatic carbocycles. The van der Waals surface area contributed by atoms with Crippen LogP contribution in [0, 0.1) is 0 Å². The molecule has 1 aliphatic heterocycles. The van der Waals surface area contributed by atoms with Gasteiger partial charge in [-0.25, -0.2) is 0 Å². The van der Waals surface area contributed by atoms with Crippen molar-refractivity contribution in [2.45, 2.75) is 6.42 Å². The van der Waals surface area contributed by atoms with E-state index in [1.54, 1.807) is 0 Å². The molecule has 0 atom stereocenters. The van der Waals surface area contributed by atoms with Crippen molar-refractivity contribution in [3.05, 3.63) is 152 Å². The second-order valence-corrected chi connectivity index (χ2v) is 11.7. The number of hydrogen-bond acceptors (Lipinski definition) is 3. The van der Waals surface area contributed by atoms with E-state index >= 15 is 0 Å². The molecule has 0 saturated heterocycles. The first-order chi connectivity index (χ1) is 22.3. The minimum atomic E-state index is 0.858. The molecular formula is C42H27N3. The number of rotatable bonds is 5. The van der Waals surface area contributed by atoms with E-state index in [-0.39, 0.29) is 0 Å². The first-order valence-corrected chi connectivity index (χ1v) is 15.3. The van der Waals surface area contributed by atoms with Crippen molar-refractivity contribution < 1.29 is 0 Å². The minimum Gasteiger partial charge on any atom is -0.268 e. The summed E-state index contributed by atoms with van der Waals surface area (Å²) in [6, 6.07) is 42.2. The van der Waals surface area contributed by atoms with E-state index in [4.69, 9.17) is 0 Å². The minimum absolute atomic E-state index is 0.858. The average Bonchev–Trinajstić information content (AvgIpc) is 3.67. The van der Waals surface area contributed by atoms with Crippen LogP contribution in [0.1, 0.15) is 12.0 Å². The molecule has 1 aliphatic rings. The molecule has 3 heteroatoms. The third-order valence-corrected chi connectivity index (χ3v) is 9.13. The van der Waals surface area contributed by atoms with Crippen LogP contribution in [0.25, 0.3) is 82.4 Å². The first-order valence-electron chi connectivity index (χ1n) is 15.3. The van der Waals surface area contributed by atoms with Crippen molar-refractivity contribution in [3.8, 4) is 44.5 Å². The third kappa shape index (κ3) is 4.32. The Labute approximate surface area is 261 Å². The van der Waals surface area contributed by atoms with Gasteiger partial charge in [0.05, 0.1) is 0 Å². The maximum absolute atomic E-state index is 4.39. The van der Waals surface area contributed by atoms with Gasteiger partial charge in [-0.05, 0) is 119 Å². The summed E-state index contributed by atoms with van der Waals surface area (Å²) in [6.07, 6.45) is 12.3. The number of hydrogen-bond donors (Lipinski definition) is 0. The lowest BCUT2D eigenvalue weighted by Gasteiger charge is -2.16. The molecule has 0 unspecified atom stereocenters. The normalized spacial score (nSPS) is 12.8. The van der Waals surface area contributed by atoms with Crippen LogP contribution in [-0.4, -0.2) is 16.2 Å². The Morgan fingerprint density at radius 1 is 0.444 bits per heavy atom. The monoisotopic (exact) mass is 573 g/mol. The summed E-state index contributed by atoms with van der Waals surface area (Å²) in [4.78, 5) is 13.0. The zero-order valence-corrected chi connectivity index (χ0v) is 24.5. The van der Waals surface area contributed by atoms with Crippen LogP contribution < -0.4 is 0 Å². The Kier molecular flexibility index (Phi) is 5.88. The lowest BCUT2D eigenvalue weighted by molar-refractivity contribution is 1.33. The van der Waals surface area contributed by atoms with Crippen LogP contribution in [-0.2, 0) is 0 Å². The first kappa shape index (κ1) is 25.6. The summed E-state index contributed by atoms with van der Waals surface area (Å²) in [7, 11) is 0. The number of aliphatic imine (C=N–C) groups is 1. The summed E-state index contributed by atoms with van der Waals surface area (Å²) in [5.74, 6) is 0. The van der Waals surface area contributed by atoms with E-state index in [1.165, 1.54) is 76.8 Å². The van der Waals surface area contributed by atoms with Crippen molar-refractivity contribution >= 4 is 44.1 Å². The van der Waals surface area contributed by atoms with E-state index < -0.39 is 0 Å². The van der Waals surface area contributed by atoms with Gasteiger partial charge in [0.15, 0.2) is 0 Å². The topological polar surface area (TPSA) is 38.1 Å². The Balaban J connectivity index is 1.16. The van der Waals surface area contributed by atoms with Gasteiger partial charge in [0.1, 0.15) is 0 Å². The molecule has 2 aromatic heterocycles. The van der Waals surface area contributed by atoms with Gasteiger partial charge in [0.2, 0.25) is 0 Å². The van der Waals surface area contributed by atoms with Gasteiger partial charge in [-0.1, -0.05) is 78.9 Å². The van der Waals surface area contributed by atoms with Gasteiger partial charge in [-0.2, -0.15) is 0 Å². The van der Waals surface area contributed by atoms with Crippen LogP contribution in [0.15, 0.2) is 151 Å². The molecule has 9 rings (SSSR count). The number of aromatic nitrogens is 2. The lowest BCUT2D eigenvalue weighted by atomic mass is 9.87. The van der Waals surface area contributed by atoms with Crippen LogP contribution in [0.4, 0.5) is 0 Å². The van der Waals surface area contributed by atoms with E-state index in [0.717, 1.165) is 17.5 Å². The number of pyridine rings is 2. The van der Waals surface area contributed by atoms with Crippen molar-refractivity contribution in [2.75, 3.05) is 0 Å². The van der Waals surface area contributed by atoms with Crippen LogP contribution in [0.2, 0.25) is 0 Å². The standard InChI is InChI=1S/C42H27N3/c1-2-33(26-44-18-1)38-12-8-31-9-13-39-37(11-7-30-10-14-40(38)42(31)41(30)39)29-5-3-27(4-6-29)34-22-35(28-15-19-43-20-16-28)24-36(23-34)32-17-21-45-25-32/h1-16,18-26H,17H2. The Morgan fingerprint density at radius 3 is 1.67 bits per heavy atom. The summed E-state index contributed by atoms with van der Waals surface area (Å²) in [6.45, 7) is 0. The smallest absolute Gasteiger partial charge is 0.0346 e. The van der Waals surface area contributed by atoms with Gasteiger partial charge in [0.25, 0.3) is 0 Å². The molecule has 0 fully saturated rings. The second-order valence-electron chi connectivity index (χ2n) is 11.7. The Bertz CT molecular complexity index is 2420. The van der Waals surface area contributed by atoms with Crippen LogP contribution in [0.5, 0.6) is 0 Å². The predicted octanol–water partition coefficient (Wildman–Crippen LogP) is 10.9. The molecule has 0 bridgehead atoms. The fourth-order valence-corrected chi connectivity index (χ4v) is 6.90. The molecule has 210 valence electrons. The van der Waals surface area contributed by atoms with Crippen LogP contribution >= 0.6 is 0 Å². The van der Waals surface area contributed by atoms with Gasteiger partial charge < -0.3 is 0 Å². The zero-order chi connectivity index (χ0) is 29.7. The summed E-state index contributed by atoms with van der Waals surface area (Å²) in [5.41, 5.74) is 12.0. The molecule has 0 aliphatic carbocycles. The maximum atomic E-state index is 4.39. The predicted molar refractivity (Wildman–Crippen MR) is 189 cm³/mol. The summed E-state index contributed by atoms with van der Waals surface area (Å²) < 4.78 is 0. The molecule has 3 heterocycles. The van der Waals surface area contributed by atoms with Crippen LogP contribution in [0.3, 0.4) is 0 Å². The van der Waals surface area contributed by atoms with Crippen molar-refractivity contribution in [2.24, 2.45) is 4.99 Å². The van der Waals surface area contributed by atoms with Crippen molar-refractivity contribution in [1.82, 2.24) is 9.97 Å². The molecule has 0 saturated carbocycles. The van der Waals surface area contributed by atoms with Gasteiger partial charge in [-0.15, -0.1) is 0 Å². The van der Waals surface area contributed by atoms with Crippen molar-refractivity contribution in [3.63, 3.8) is 0 Å². The summed E-state index contributed by atoms with van der Waals surface area (Å²) in [5, 5.41) is 7.69. The summed E-state index contributed by atoms with van der Waals surface area (Å²) >= 11 is 0. The van der Waals surface area contributed by atoms with Gasteiger partial charge in [-0.3, -0.25) is 15.0 Å². The van der Waals surface area contributed by atoms with Gasteiger partial charge in [0, 0.05) is 49.2 Å². The largest absolute Gasteiger partial charge is 0.268 e. The van der Waals surface area contributed by atoms with Gasteiger partial charge >= 0.3 is 0 Å². The van der Waals surface area contributed by atoms with E-state index in [2.05, 4.69) is 124 Å². The highest BCUT2D eigenvalue weighted by Gasteiger charge is 2.16. The Hall–Kier alpha value is -5.93. The second kappa shape index (κ2) is 10.4. The number of benzene rings is 6. The number of allylic oxidation sites excluding steroid dienone is 1. The highest BCUT2D eigenvalue weighted by Crippen LogP contribution is 2.42. The number of nitrogens with zero attached hydrogens (tertiary/aromatic N) is 3. The molecular weight excluding hydrogens is 546 g/mol. The fraction of sp³-hybridized carbons (Fsp3) is 0.0238. The highest BCUT2D eigenvalue weighted by molar-refractivity contribution is 6.27. The lowest BCUT2D eigenvalue weighted by Crippen LogP contribution is -1.90. The third-order valence-electron chi connectivity index (χ3n) is 9.13. The highest BCUT2D eigenvalue weighted by atomic mass is 14.7. The van der Waals surface area contributed by atoms with E-state index in [9.17, 15) is 0 Å². The van der Waals surface area contributed by atoms with E-state index in [0.29, 0.717) is 0 Å². The maximum Gasteiger partial charge on any atom is 0.0346 e. The molecule has 0 radical (unpaired) electrons. The SMILES string of the molecule is C1=NC=C(c2cc(-c3ccncc3)cc(-c3ccc(-c4ccc5ccc6c(-c7cccnc7)ccc7ccc4c5c76)cc3)c2)C1. The Morgan fingerprint density at radius 2 is 1.04 bits per heavy atom. The molecule has 0 spiro atoms. The fourth-order valence-electron chi connectivity index (χ4n) is 6.90.